The van der Waals surface area contributed by atoms with Gasteiger partial charge >= 0.3 is 0 Å². The summed E-state index contributed by atoms with van der Waals surface area (Å²) in [6, 6.07) is 8.23. The lowest BCUT2D eigenvalue weighted by molar-refractivity contribution is 0.0474. The molecule has 17 heavy (non-hydrogen) atoms. The second kappa shape index (κ2) is 3.84. The molecule has 0 bridgehead atoms. The Labute approximate surface area is 101 Å². The van der Waals surface area contributed by atoms with Crippen molar-refractivity contribution in [2.75, 3.05) is 0 Å². The van der Waals surface area contributed by atoms with Gasteiger partial charge in [-0.1, -0.05) is 31.0 Å². The molecule has 0 radical (unpaired) electrons. The number of aryl methyl sites for hydroxylation is 1. The summed E-state index contributed by atoms with van der Waals surface area (Å²) in [6.45, 7) is 0. The molecule has 1 fully saturated rings. The smallest absolute Gasteiger partial charge is 0.0731 e. The number of aliphatic hydroxyl groups is 1. The zero-order valence-electron chi connectivity index (χ0n) is 10.2. The van der Waals surface area contributed by atoms with Crippen LogP contribution in [0.2, 0.25) is 0 Å². The van der Waals surface area contributed by atoms with Crippen molar-refractivity contribution in [1.82, 2.24) is 9.78 Å². The van der Waals surface area contributed by atoms with Gasteiger partial charge in [0, 0.05) is 18.9 Å². The van der Waals surface area contributed by atoms with Gasteiger partial charge in [0.2, 0.25) is 0 Å². The van der Waals surface area contributed by atoms with Crippen molar-refractivity contribution in [2.45, 2.75) is 37.7 Å². The van der Waals surface area contributed by atoms with Gasteiger partial charge in [0.1, 0.15) is 0 Å². The maximum atomic E-state index is 10.5. The fourth-order valence-corrected chi connectivity index (χ4v) is 2.94. The van der Waals surface area contributed by atoms with Gasteiger partial charge in [0.05, 0.1) is 16.8 Å². The molecule has 1 saturated carbocycles. The molecular formula is C14H18N2O. The van der Waals surface area contributed by atoms with Crippen LogP contribution in [0, 0.1) is 0 Å². The highest BCUT2D eigenvalue weighted by molar-refractivity contribution is 5.81. The molecule has 0 aliphatic heterocycles. The van der Waals surface area contributed by atoms with Crippen LogP contribution in [-0.2, 0) is 13.5 Å². The van der Waals surface area contributed by atoms with Crippen LogP contribution in [0.3, 0.4) is 0 Å². The molecule has 0 saturated heterocycles. The second-order valence-electron chi connectivity index (χ2n) is 5.20. The Hall–Kier alpha value is -1.35. The minimum absolute atomic E-state index is 0.517. The predicted molar refractivity (Wildman–Crippen MR) is 67.8 cm³/mol. The highest BCUT2D eigenvalue weighted by atomic mass is 16.3. The summed E-state index contributed by atoms with van der Waals surface area (Å²) in [5.41, 5.74) is 1.66. The molecule has 0 unspecified atom stereocenters. The number of benzene rings is 1. The van der Waals surface area contributed by atoms with Gasteiger partial charge in [-0.05, 0) is 18.9 Å². The molecule has 90 valence electrons. The van der Waals surface area contributed by atoms with E-state index in [9.17, 15) is 5.11 Å². The first-order valence-corrected chi connectivity index (χ1v) is 6.31. The Bertz CT molecular complexity index is 538. The average molecular weight is 230 g/mol. The zero-order valence-corrected chi connectivity index (χ0v) is 10.2. The van der Waals surface area contributed by atoms with E-state index in [1.807, 2.05) is 23.9 Å². The van der Waals surface area contributed by atoms with Crippen molar-refractivity contribution >= 4 is 10.9 Å². The fraction of sp³-hybridized carbons (Fsp3) is 0.500. The molecule has 3 nitrogen and oxygen atoms in total. The lowest BCUT2D eigenvalue weighted by Gasteiger charge is -2.20. The SMILES string of the molecule is Cn1nc(CC2(O)CCCC2)c2ccccc21. The van der Waals surface area contributed by atoms with Crippen molar-refractivity contribution < 1.29 is 5.11 Å². The van der Waals surface area contributed by atoms with E-state index in [2.05, 4.69) is 17.2 Å². The van der Waals surface area contributed by atoms with Crippen LogP contribution >= 0.6 is 0 Å². The summed E-state index contributed by atoms with van der Waals surface area (Å²) in [5, 5.41) is 16.2. The largest absolute Gasteiger partial charge is 0.389 e. The molecule has 0 atom stereocenters. The summed E-state index contributed by atoms with van der Waals surface area (Å²) >= 11 is 0. The van der Waals surface area contributed by atoms with Crippen LogP contribution in [0.5, 0.6) is 0 Å². The maximum Gasteiger partial charge on any atom is 0.0731 e. The van der Waals surface area contributed by atoms with Crippen molar-refractivity contribution in [3.05, 3.63) is 30.0 Å². The van der Waals surface area contributed by atoms with Gasteiger partial charge in [-0.15, -0.1) is 0 Å². The zero-order chi connectivity index (χ0) is 11.9. The lowest BCUT2D eigenvalue weighted by atomic mass is 9.95. The lowest BCUT2D eigenvalue weighted by Crippen LogP contribution is -2.27. The maximum absolute atomic E-state index is 10.5. The fourth-order valence-electron chi connectivity index (χ4n) is 2.94. The standard InChI is InChI=1S/C14H18N2O/c1-16-13-7-3-2-6-11(13)12(15-16)10-14(17)8-4-5-9-14/h2-3,6-7,17H,4-5,8-10H2,1H3. The molecule has 3 rings (SSSR count). The van der Waals surface area contributed by atoms with Crippen LogP contribution in [0.1, 0.15) is 31.4 Å². The minimum atomic E-state index is -0.517. The van der Waals surface area contributed by atoms with Gasteiger partial charge in [-0.3, -0.25) is 4.68 Å². The topological polar surface area (TPSA) is 38.0 Å². The normalized spacial score (nSPS) is 18.9. The third kappa shape index (κ3) is 1.84. The van der Waals surface area contributed by atoms with E-state index >= 15 is 0 Å². The Morgan fingerprint density at radius 1 is 1.29 bits per heavy atom. The molecular weight excluding hydrogens is 212 g/mol. The third-order valence-electron chi connectivity index (χ3n) is 3.87. The number of fused-ring (bicyclic) bond motifs is 1. The molecule has 1 aliphatic rings. The predicted octanol–water partition coefficient (Wildman–Crippen LogP) is 2.42. The first-order valence-electron chi connectivity index (χ1n) is 6.31. The van der Waals surface area contributed by atoms with E-state index in [1.165, 1.54) is 5.39 Å². The number of rotatable bonds is 2. The number of hydrogen-bond acceptors (Lipinski definition) is 2. The van der Waals surface area contributed by atoms with Crippen molar-refractivity contribution in [3.63, 3.8) is 0 Å². The Morgan fingerprint density at radius 3 is 2.76 bits per heavy atom. The van der Waals surface area contributed by atoms with Gasteiger partial charge in [0.15, 0.2) is 0 Å². The summed E-state index contributed by atoms with van der Waals surface area (Å²) in [4.78, 5) is 0. The van der Waals surface area contributed by atoms with Crippen molar-refractivity contribution in [1.29, 1.82) is 0 Å². The Morgan fingerprint density at radius 2 is 2.00 bits per heavy atom. The summed E-state index contributed by atoms with van der Waals surface area (Å²) in [5.74, 6) is 0. The molecule has 0 amide bonds. The summed E-state index contributed by atoms with van der Waals surface area (Å²) in [6.07, 6.45) is 4.80. The van der Waals surface area contributed by atoms with E-state index < -0.39 is 5.60 Å². The average Bonchev–Trinajstić information content (AvgIpc) is 2.86. The second-order valence-corrected chi connectivity index (χ2v) is 5.20. The quantitative estimate of drug-likeness (QED) is 0.860. The van der Waals surface area contributed by atoms with Gasteiger partial charge in [-0.25, -0.2) is 0 Å². The molecule has 0 spiro atoms. The highest BCUT2D eigenvalue weighted by Crippen LogP contribution is 2.33. The Kier molecular flexibility index (Phi) is 2.44. The summed E-state index contributed by atoms with van der Waals surface area (Å²) < 4.78 is 1.91. The van der Waals surface area contributed by atoms with Crippen LogP contribution in [-0.4, -0.2) is 20.5 Å². The number of aromatic nitrogens is 2. The first-order chi connectivity index (χ1) is 8.18. The van der Waals surface area contributed by atoms with Crippen LogP contribution in [0.15, 0.2) is 24.3 Å². The van der Waals surface area contributed by atoms with E-state index in [-0.39, 0.29) is 0 Å². The van der Waals surface area contributed by atoms with Crippen LogP contribution < -0.4 is 0 Å². The van der Waals surface area contributed by atoms with Crippen LogP contribution in [0.25, 0.3) is 10.9 Å². The van der Waals surface area contributed by atoms with E-state index in [1.54, 1.807) is 0 Å². The van der Waals surface area contributed by atoms with Crippen molar-refractivity contribution in [2.24, 2.45) is 7.05 Å². The number of nitrogens with zero attached hydrogens (tertiary/aromatic N) is 2. The molecule has 2 aromatic rings. The van der Waals surface area contributed by atoms with E-state index in [4.69, 9.17) is 0 Å². The molecule has 1 heterocycles. The Balaban J connectivity index is 2.00. The van der Waals surface area contributed by atoms with E-state index in [0.29, 0.717) is 6.42 Å². The highest BCUT2D eigenvalue weighted by Gasteiger charge is 2.32. The van der Waals surface area contributed by atoms with Gasteiger partial charge < -0.3 is 5.11 Å². The molecule has 1 aliphatic carbocycles. The molecule has 1 aromatic carbocycles. The minimum Gasteiger partial charge on any atom is -0.389 e. The van der Waals surface area contributed by atoms with Crippen molar-refractivity contribution in [3.8, 4) is 0 Å². The molecule has 3 heteroatoms. The van der Waals surface area contributed by atoms with Crippen LogP contribution in [0.4, 0.5) is 0 Å². The monoisotopic (exact) mass is 230 g/mol. The molecule has 1 N–H and O–H groups in total. The van der Waals surface area contributed by atoms with Gasteiger partial charge in [-0.2, -0.15) is 5.10 Å². The molecule has 1 aromatic heterocycles. The summed E-state index contributed by atoms with van der Waals surface area (Å²) in [7, 11) is 1.96. The van der Waals surface area contributed by atoms with Gasteiger partial charge in [0.25, 0.3) is 0 Å². The first kappa shape index (κ1) is 10.8. The third-order valence-corrected chi connectivity index (χ3v) is 3.87. The number of hydrogen-bond donors (Lipinski definition) is 1. The van der Waals surface area contributed by atoms with E-state index in [0.717, 1.165) is 36.9 Å². The number of para-hydroxylation sites is 1.